The number of halogens is 4. The van der Waals surface area contributed by atoms with E-state index in [1.165, 1.54) is 19.2 Å². The van der Waals surface area contributed by atoms with E-state index in [1.54, 1.807) is 13.0 Å². The van der Waals surface area contributed by atoms with Crippen LogP contribution in [0.2, 0.25) is 0 Å². The molecular weight excluding hydrogens is 277 g/mol. The molecule has 0 bridgehead atoms. The molecule has 2 nitrogen and oxygen atoms in total. The van der Waals surface area contributed by atoms with Crippen molar-refractivity contribution in [2.24, 2.45) is 9.98 Å². The van der Waals surface area contributed by atoms with Crippen LogP contribution in [0.25, 0.3) is 0 Å². The minimum Gasteiger partial charge on any atom is -0.288 e. The summed E-state index contributed by atoms with van der Waals surface area (Å²) in [6, 6.07) is 0. The molecule has 0 aromatic rings. The summed E-state index contributed by atoms with van der Waals surface area (Å²) in [5.41, 5.74) is -0.587. The third-order valence-corrected chi connectivity index (χ3v) is 2.33. The van der Waals surface area contributed by atoms with Gasteiger partial charge in [-0.3, -0.25) is 9.98 Å². The fourth-order valence-corrected chi connectivity index (χ4v) is 1.25. The molecule has 19 heavy (non-hydrogen) atoms. The van der Waals surface area contributed by atoms with Crippen molar-refractivity contribution < 1.29 is 13.2 Å². The highest BCUT2D eigenvalue weighted by atomic mass is 35.5. The molecular formula is C13H14ClF3N2. The maximum atomic E-state index is 12.6. The number of aliphatic imine (C=N–C) groups is 2. The maximum Gasteiger partial charge on any atom is 0.433 e. The van der Waals surface area contributed by atoms with Crippen LogP contribution in [0.1, 0.15) is 6.92 Å². The molecule has 0 amide bonds. The lowest BCUT2D eigenvalue weighted by Gasteiger charge is -2.08. The number of nitrogens with zero attached hydrogens (tertiary/aromatic N) is 2. The number of hydrogen-bond acceptors (Lipinski definition) is 2. The van der Waals surface area contributed by atoms with E-state index in [-0.39, 0.29) is 5.71 Å². The van der Waals surface area contributed by atoms with Crippen LogP contribution in [0.5, 0.6) is 0 Å². The first-order valence-electron chi connectivity index (χ1n) is 5.18. The smallest absolute Gasteiger partial charge is 0.288 e. The summed E-state index contributed by atoms with van der Waals surface area (Å²) in [4.78, 5) is 6.76. The molecule has 0 fully saturated rings. The van der Waals surface area contributed by atoms with E-state index in [4.69, 9.17) is 11.6 Å². The van der Waals surface area contributed by atoms with E-state index in [0.717, 1.165) is 6.08 Å². The molecule has 0 atom stereocenters. The van der Waals surface area contributed by atoms with E-state index in [9.17, 15) is 13.2 Å². The lowest BCUT2D eigenvalue weighted by Crippen LogP contribution is -2.12. The van der Waals surface area contributed by atoms with Gasteiger partial charge in [-0.1, -0.05) is 30.3 Å². The van der Waals surface area contributed by atoms with Gasteiger partial charge in [0.15, 0.2) is 0 Å². The lowest BCUT2D eigenvalue weighted by molar-refractivity contribution is -0.0921. The Morgan fingerprint density at radius 2 is 1.84 bits per heavy atom. The summed E-state index contributed by atoms with van der Waals surface area (Å²) in [5, 5.41) is 0.294. The molecule has 0 heterocycles. The van der Waals surface area contributed by atoms with Crippen LogP contribution in [-0.4, -0.2) is 25.7 Å². The van der Waals surface area contributed by atoms with Crippen molar-refractivity contribution in [1.82, 2.24) is 0 Å². The Labute approximate surface area is 115 Å². The molecule has 6 heteroatoms. The predicted molar refractivity (Wildman–Crippen MR) is 74.9 cm³/mol. The van der Waals surface area contributed by atoms with E-state index >= 15 is 0 Å². The fraction of sp³-hybridized carbons (Fsp3) is 0.231. The first-order valence-corrected chi connectivity index (χ1v) is 5.56. The van der Waals surface area contributed by atoms with Gasteiger partial charge in [-0.05, 0) is 31.4 Å². The van der Waals surface area contributed by atoms with Gasteiger partial charge < -0.3 is 0 Å². The highest BCUT2D eigenvalue weighted by molar-refractivity contribution is 6.32. The first kappa shape index (κ1) is 17.4. The molecule has 0 radical (unpaired) electrons. The van der Waals surface area contributed by atoms with Crippen LogP contribution in [0.4, 0.5) is 13.2 Å². The zero-order chi connectivity index (χ0) is 15.1. The van der Waals surface area contributed by atoms with Gasteiger partial charge in [0.05, 0.1) is 5.71 Å². The van der Waals surface area contributed by atoms with Gasteiger partial charge in [0, 0.05) is 12.1 Å². The van der Waals surface area contributed by atoms with Crippen LogP contribution in [0.15, 0.2) is 57.2 Å². The summed E-state index contributed by atoms with van der Waals surface area (Å²) in [5.74, 6) is 0. The molecule has 0 saturated heterocycles. The predicted octanol–water partition coefficient (Wildman–Crippen LogP) is 4.46. The van der Waals surface area contributed by atoms with Crippen molar-refractivity contribution in [1.29, 1.82) is 0 Å². The highest BCUT2D eigenvalue weighted by Crippen LogP contribution is 2.27. The fourth-order valence-electron chi connectivity index (χ4n) is 1.14. The third-order valence-electron chi connectivity index (χ3n) is 2.07. The number of hydrogen-bond donors (Lipinski definition) is 0. The van der Waals surface area contributed by atoms with Gasteiger partial charge in [-0.15, -0.1) is 0 Å². The normalized spacial score (nSPS) is 15.5. The van der Waals surface area contributed by atoms with Crippen LogP contribution in [0, 0.1) is 0 Å². The topological polar surface area (TPSA) is 24.7 Å². The maximum absolute atomic E-state index is 12.6. The number of rotatable bonds is 5. The molecule has 0 N–H and O–H groups in total. The summed E-state index contributed by atoms with van der Waals surface area (Å²) in [7, 11) is 1.38. The minimum atomic E-state index is -4.58. The van der Waals surface area contributed by atoms with Crippen molar-refractivity contribution in [3.8, 4) is 0 Å². The zero-order valence-corrected chi connectivity index (χ0v) is 11.4. The van der Waals surface area contributed by atoms with Crippen LogP contribution in [0.3, 0.4) is 0 Å². The molecule has 0 rings (SSSR count). The van der Waals surface area contributed by atoms with Gasteiger partial charge in [0.25, 0.3) is 0 Å². The Bertz CT molecular complexity index is 469. The Morgan fingerprint density at radius 1 is 1.26 bits per heavy atom. The minimum absolute atomic E-state index is 0.0993. The van der Waals surface area contributed by atoms with E-state index < -0.39 is 11.9 Å². The SMILES string of the molecule is C=C/C(Cl)=C\C(=C/C)C(/C=C(\N=C)C(F)(F)F)=NC. The zero-order valence-electron chi connectivity index (χ0n) is 10.6. The molecule has 0 spiro atoms. The van der Waals surface area contributed by atoms with Gasteiger partial charge in [-0.2, -0.15) is 13.2 Å². The first-order chi connectivity index (χ1) is 8.79. The van der Waals surface area contributed by atoms with Crippen LogP contribution in [-0.2, 0) is 0 Å². The van der Waals surface area contributed by atoms with E-state index in [0.29, 0.717) is 10.6 Å². The second-order valence-electron chi connectivity index (χ2n) is 3.27. The molecule has 0 aromatic carbocycles. The molecule has 0 aliphatic heterocycles. The van der Waals surface area contributed by atoms with E-state index in [1.807, 2.05) is 0 Å². The van der Waals surface area contributed by atoms with Crippen molar-refractivity contribution in [3.63, 3.8) is 0 Å². The largest absolute Gasteiger partial charge is 0.433 e. The van der Waals surface area contributed by atoms with Gasteiger partial charge in [0.2, 0.25) is 0 Å². The Kier molecular flexibility index (Phi) is 7.08. The Balaban J connectivity index is 5.64. The van der Waals surface area contributed by atoms with Crippen LogP contribution < -0.4 is 0 Å². The van der Waals surface area contributed by atoms with Crippen molar-refractivity contribution in [2.45, 2.75) is 13.1 Å². The average molecular weight is 291 g/mol. The summed E-state index contributed by atoms with van der Waals surface area (Å²) >= 11 is 5.77. The average Bonchev–Trinajstić information content (AvgIpc) is 2.36. The number of allylic oxidation sites excluding steroid dienone is 7. The summed E-state index contributed by atoms with van der Waals surface area (Å²) in [6.07, 6.45) is 0.652. The van der Waals surface area contributed by atoms with Crippen LogP contribution >= 0.6 is 11.6 Å². The molecule has 104 valence electrons. The van der Waals surface area contributed by atoms with Gasteiger partial charge in [0.1, 0.15) is 5.70 Å². The van der Waals surface area contributed by atoms with Gasteiger partial charge in [-0.25, -0.2) is 0 Å². The van der Waals surface area contributed by atoms with Gasteiger partial charge >= 0.3 is 6.18 Å². The number of alkyl halides is 3. The molecule has 0 unspecified atom stereocenters. The van der Waals surface area contributed by atoms with E-state index in [2.05, 4.69) is 23.3 Å². The summed E-state index contributed by atoms with van der Waals surface area (Å²) in [6.45, 7) is 8.02. The summed E-state index contributed by atoms with van der Waals surface area (Å²) < 4.78 is 37.7. The van der Waals surface area contributed by atoms with Crippen molar-refractivity contribution in [3.05, 3.63) is 47.2 Å². The van der Waals surface area contributed by atoms with Crippen molar-refractivity contribution in [2.75, 3.05) is 7.05 Å². The Hall–Kier alpha value is -1.62. The highest BCUT2D eigenvalue weighted by Gasteiger charge is 2.33. The van der Waals surface area contributed by atoms with Crippen molar-refractivity contribution >= 4 is 24.0 Å². The second kappa shape index (κ2) is 7.74. The Morgan fingerprint density at radius 3 is 2.16 bits per heavy atom. The molecule has 0 aliphatic rings. The quantitative estimate of drug-likeness (QED) is 0.527. The lowest BCUT2D eigenvalue weighted by atomic mass is 10.1. The second-order valence-corrected chi connectivity index (χ2v) is 3.71. The standard InChI is InChI=1S/C13H14ClF3N2/c1-5-9(7-10(14)6-2)11(18-3)8-12(19-4)13(15,16)17/h5-8H,2,4H2,1,3H3/b9-5+,10-7+,12-8-,18-11?. The molecule has 0 aliphatic carbocycles. The molecule has 0 aromatic heterocycles. The third kappa shape index (κ3) is 5.70. The monoisotopic (exact) mass is 290 g/mol. The molecule has 0 saturated carbocycles.